The Morgan fingerprint density at radius 3 is 2.85 bits per heavy atom. The Kier molecular flexibility index (Phi) is 5.22. The highest BCUT2D eigenvalue weighted by atomic mass is 19.1. The molecule has 0 aliphatic rings. The minimum absolute atomic E-state index is 0.141. The van der Waals surface area contributed by atoms with Gasteiger partial charge in [0.15, 0.2) is 0 Å². The molecule has 26 heavy (non-hydrogen) atoms. The number of halogens is 2. The number of fused-ring (bicyclic) bond motifs is 1. The van der Waals surface area contributed by atoms with E-state index in [1.54, 1.807) is 47.3 Å². The second-order valence-electron chi connectivity index (χ2n) is 5.59. The maximum Gasteiger partial charge on any atom is 0.234 e. The summed E-state index contributed by atoms with van der Waals surface area (Å²) in [5.41, 5.74) is 1.72. The van der Waals surface area contributed by atoms with E-state index in [1.807, 2.05) is 0 Å². The monoisotopic (exact) mass is 353 g/mol. The van der Waals surface area contributed by atoms with Crippen molar-refractivity contribution in [3.63, 3.8) is 0 Å². The van der Waals surface area contributed by atoms with Crippen LogP contribution >= 0.6 is 0 Å². The van der Waals surface area contributed by atoms with E-state index in [9.17, 15) is 8.78 Å². The molecule has 2 heterocycles. The van der Waals surface area contributed by atoms with Crippen LogP contribution in [0.4, 0.5) is 8.78 Å². The number of hydrogen-bond donors (Lipinski definition) is 0. The fourth-order valence-corrected chi connectivity index (χ4v) is 2.45. The van der Waals surface area contributed by atoms with Gasteiger partial charge in [0.05, 0.1) is 5.69 Å². The van der Waals surface area contributed by atoms with Crippen molar-refractivity contribution in [2.24, 2.45) is 0 Å². The van der Waals surface area contributed by atoms with Crippen molar-refractivity contribution in [2.45, 2.75) is 13.5 Å². The van der Waals surface area contributed by atoms with Gasteiger partial charge >= 0.3 is 0 Å². The third kappa shape index (κ3) is 4.03. The first-order valence-corrected chi connectivity index (χ1v) is 7.94. The molecular formula is C20H17F2N3O. The Morgan fingerprint density at radius 1 is 1.31 bits per heavy atom. The Hall–Kier alpha value is -3.28. The van der Waals surface area contributed by atoms with Crippen LogP contribution in [-0.4, -0.2) is 14.4 Å². The zero-order valence-corrected chi connectivity index (χ0v) is 14.2. The normalized spacial score (nSPS) is 12.4. The van der Waals surface area contributed by atoms with Crippen molar-refractivity contribution in [3.05, 3.63) is 90.8 Å². The Balaban J connectivity index is 1.84. The molecule has 0 saturated carbocycles. The molecule has 0 bridgehead atoms. The van der Waals surface area contributed by atoms with Gasteiger partial charge in [0, 0.05) is 35.8 Å². The Labute approximate surface area is 149 Å². The van der Waals surface area contributed by atoms with Gasteiger partial charge in [0.2, 0.25) is 5.78 Å². The van der Waals surface area contributed by atoms with Crippen LogP contribution in [0.2, 0.25) is 0 Å². The molecule has 4 nitrogen and oxygen atoms in total. The summed E-state index contributed by atoms with van der Waals surface area (Å²) in [4.78, 5) is 8.60. The fraction of sp³-hybridized carbons (Fsp3) is 0.100. The molecule has 0 spiro atoms. The van der Waals surface area contributed by atoms with Gasteiger partial charge in [0.1, 0.15) is 24.0 Å². The number of imidazole rings is 1. The van der Waals surface area contributed by atoms with Crippen LogP contribution in [0.3, 0.4) is 0 Å². The van der Waals surface area contributed by atoms with Gasteiger partial charge in [-0.25, -0.2) is 18.7 Å². The molecule has 132 valence electrons. The molecule has 0 radical (unpaired) electrons. The Morgan fingerprint density at radius 2 is 2.12 bits per heavy atom. The molecular weight excluding hydrogens is 336 g/mol. The maximum absolute atomic E-state index is 13.9. The van der Waals surface area contributed by atoms with E-state index in [2.05, 4.69) is 16.5 Å². The second-order valence-corrected chi connectivity index (χ2v) is 5.59. The Bertz CT molecular complexity index is 1000. The lowest BCUT2D eigenvalue weighted by molar-refractivity contribution is 0.207. The molecule has 0 N–H and O–H groups in total. The summed E-state index contributed by atoms with van der Waals surface area (Å²) >= 11 is 0. The first-order valence-electron chi connectivity index (χ1n) is 7.94. The van der Waals surface area contributed by atoms with Crippen LogP contribution in [0.25, 0.3) is 16.9 Å². The van der Waals surface area contributed by atoms with E-state index in [0.29, 0.717) is 28.4 Å². The maximum atomic E-state index is 13.9. The summed E-state index contributed by atoms with van der Waals surface area (Å²) < 4.78 is 34.3. The number of benzene rings is 1. The summed E-state index contributed by atoms with van der Waals surface area (Å²) in [7, 11) is 0. The molecule has 3 aromatic rings. The number of aromatic nitrogens is 3. The van der Waals surface area contributed by atoms with Crippen molar-refractivity contribution in [1.29, 1.82) is 0 Å². The largest absolute Gasteiger partial charge is 0.487 e. The summed E-state index contributed by atoms with van der Waals surface area (Å²) in [6.45, 7) is 5.05. The van der Waals surface area contributed by atoms with Crippen LogP contribution in [0.1, 0.15) is 12.6 Å². The highest BCUT2D eigenvalue weighted by Crippen LogP contribution is 2.22. The summed E-state index contributed by atoms with van der Waals surface area (Å²) in [6.07, 6.45) is 9.41. The van der Waals surface area contributed by atoms with Crippen LogP contribution < -0.4 is 0 Å². The van der Waals surface area contributed by atoms with Gasteiger partial charge < -0.3 is 4.74 Å². The van der Waals surface area contributed by atoms with Gasteiger partial charge in [-0.1, -0.05) is 30.9 Å². The highest BCUT2D eigenvalue weighted by Gasteiger charge is 2.09. The average Bonchev–Trinajstić information content (AvgIpc) is 3.02. The minimum atomic E-state index is -0.371. The zero-order chi connectivity index (χ0) is 18.5. The van der Waals surface area contributed by atoms with Crippen LogP contribution in [0.5, 0.6) is 0 Å². The predicted molar refractivity (Wildman–Crippen MR) is 96.3 cm³/mol. The van der Waals surface area contributed by atoms with Gasteiger partial charge in [0.25, 0.3) is 0 Å². The third-order valence-electron chi connectivity index (χ3n) is 3.55. The SMILES string of the molecule is C=C/C=C(\C=C(/C)F)OCc1cn2cc(-c3ccccc3F)cnc2n1. The number of rotatable bonds is 6. The zero-order valence-electron chi connectivity index (χ0n) is 14.2. The molecule has 0 aliphatic heterocycles. The van der Waals surface area contributed by atoms with Gasteiger partial charge in [-0.2, -0.15) is 0 Å². The summed E-state index contributed by atoms with van der Waals surface area (Å²) in [5, 5.41) is 0. The lowest BCUT2D eigenvalue weighted by Gasteiger charge is -2.04. The number of nitrogens with zero attached hydrogens (tertiary/aromatic N) is 3. The first-order chi connectivity index (χ1) is 12.6. The predicted octanol–water partition coefficient (Wildman–Crippen LogP) is 5.00. The topological polar surface area (TPSA) is 39.4 Å². The lowest BCUT2D eigenvalue weighted by atomic mass is 10.1. The first kappa shape index (κ1) is 17.5. The van der Waals surface area contributed by atoms with Crippen LogP contribution in [0, 0.1) is 5.82 Å². The van der Waals surface area contributed by atoms with E-state index in [4.69, 9.17) is 4.74 Å². The molecule has 0 fully saturated rings. The van der Waals surface area contributed by atoms with Crippen LogP contribution in [-0.2, 0) is 11.3 Å². The van der Waals surface area contributed by atoms with Crippen molar-refractivity contribution in [3.8, 4) is 11.1 Å². The van der Waals surface area contributed by atoms with E-state index in [0.717, 1.165) is 0 Å². The third-order valence-corrected chi connectivity index (χ3v) is 3.55. The summed E-state index contributed by atoms with van der Waals surface area (Å²) in [5.74, 6) is 0.126. The fourth-order valence-electron chi connectivity index (χ4n) is 2.45. The highest BCUT2D eigenvalue weighted by molar-refractivity contribution is 5.63. The summed E-state index contributed by atoms with van der Waals surface area (Å²) in [6, 6.07) is 6.50. The van der Waals surface area contributed by atoms with Gasteiger partial charge in [-0.15, -0.1) is 0 Å². The van der Waals surface area contributed by atoms with E-state index < -0.39 is 0 Å². The molecule has 0 atom stereocenters. The van der Waals surface area contributed by atoms with Crippen molar-refractivity contribution >= 4 is 5.78 Å². The van der Waals surface area contributed by atoms with Crippen molar-refractivity contribution in [1.82, 2.24) is 14.4 Å². The molecule has 2 aromatic heterocycles. The standard InChI is InChI=1S/C20H17F2N3O/c1-3-6-17(9-14(2)21)26-13-16-12-25-11-15(10-23-20(25)24-16)18-7-4-5-8-19(18)22/h3-12H,1,13H2,2H3/b14-9+,17-6+. The van der Waals surface area contributed by atoms with Crippen molar-refractivity contribution < 1.29 is 13.5 Å². The van der Waals surface area contributed by atoms with Gasteiger partial charge in [-0.05, 0) is 19.1 Å². The molecule has 0 unspecified atom stereocenters. The molecule has 6 heteroatoms. The smallest absolute Gasteiger partial charge is 0.234 e. The molecule has 0 amide bonds. The average molecular weight is 353 g/mol. The molecule has 3 rings (SSSR count). The lowest BCUT2D eigenvalue weighted by Crippen LogP contribution is -1.92. The van der Waals surface area contributed by atoms with E-state index >= 15 is 0 Å². The quantitative estimate of drug-likeness (QED) is 0.463. The molecule has 1 aromatic carbocycles. The number of hydrogen-bond acceptors (Lipinski definition) is 3. The van der Waals surface area contributed by atoms with Crippen LogP contribution in [0.15, 0.2) is 79.2 Å². The van der Waals surface area contributed by atoms with E-state index in [-0.39, 0.29) is 18.3 Å². The minimum Gasteiger partial charge on any atom is -0.487 e. The van der Waals surface area contributed by atoms with Gasteiger partial charge in [-0.3, -0.25) is 4.40 Å². The number of ether oxygens (including phenoxy) is 1. The second kappa shape index (κ2) is 7.74. The van der Waals surface area contributed by atoms with E-state index in [1.165, 1.54) is 25.1 Å². The number of allylic oxidation sites excluding steroid dienone is 4. The molecule has 0 saturated heterocycles. The molecule has 0 aliphatic carbocycles. The van der Waals surface area contributed by atoms with Crippen molar-refractivity contribution in [2.75, 3.05) is 0 Å².